The van der Waals surface area contributed by atoms with E-state index in [-0.39, 0.29) is 0 Å². The molecule has 0 spiro atoms. The molecule has 74 valence electrons. The summed E-state index contributed by atoms with van der Waals surface area (Å²) in [6.07, 6.45) is 4.79. The Bertz CT molecular complexity index is 334. The summed E-state index contributed by atoms with van der Waals surface area (Å²) in [6.45, 7) is 3.00. The van der Waals surface area contributed by atoms with E-state index >= 15 is 0 Å². The van der Waals surface area contributed by atoms with Crippen LogP contribution < -0.4 is 5.73 Å². The van der Waals surface area contributed by atoms with E-state index in [9.17, 15) is 0 Å². The van der Waals surface area contributed by atoms with Gasteiger partial charge in [-0.25, -0.2) is 0 Å². The normalized spacial score (nSPS) is 19.4. The summed E-state index contributed by atoms with van der Waals surface area (Å²) in [5.41, 5.74) is 8.84. The Balaban J connectivity index is 2.19. The van der Waals surface area contributed by atoms with Gasteiger partial charge in [-0.1, -0.05) is 42.0 Å². The monoisotopic (exact) mass is 187 g/mol. The third kappa shape index (κ3) is 1.73. The molecule has 1 aromatic rings. The van der Waals surface area contributed by atoms with E-state index in [1.54, 1.807) is 0 Å². The highest BCUT2D eigenvalue weighted by molar-refractivity contribution is 5.54. The Hall–Kier alpha value is -1.08. The van der Waals surface area contributed by atoms with Crippen LogP contribution in [-0.4, -0.2) is 6.54 Å². The first-order valence-electron chi connectivity index (χ1n) is 5.21. The van der Waals surface area contributed by atoms with Crippen LogP contribution >= 0.6 is 0 Å². The summed E-state index contributed by atoms with van der Waals surface area (Å²) in [5.74, 6) is 0. The van der Waals surface area contributed by atoms with Crippen molar-refractivity contribution in [3.63, 3.8) is 0 Å². The lowest BCUT2D eigenvalue weighted by Crippen LogP contribution is -2.16. The van der Waals surface area contributed by atoms with Crippen molar-refractivity contribution >= 4 is 6.08 Å². The van der Waals surface area contributed by atoms with Gasteiger partial charge in [-0.15, -0.1) is 0 Å². The van der Waals surface area contributed by atoms with Crippen molar-refractivity contribution in [3.05, 3.63) is 41.5 Å². The molecule has 1 aliphatic carbocycles. The highest BCUT2D eigenvalue weighted by atomic mass is 14.7. The Morgan fingerprint density at radius 3 is 2.50 bits per heavy atom. The predicted molar refractivity (Wildman–Crippen MR) is 60.8 cm³/mol. The van der Waals surface area contributed by atoms with Crippen LogP contribution in [0.1, 0.15) is 25.3 Å². The molecule has 1 nitrogen and oxygen atoms in total. The van der Waals surface area contributed by atoms with Gasteiger partial charge in [0.2, 0.25) is 0 Å². The zero-order valence-corrected chi connectivity index (χ0v) is 8.66. The number of rotatable bonds is 3. The molecule has 0 bridgehead atoms. The maximum atomic E-state index is 5.78. The van der Waals surface area contributed by atoms with Gasteiger partial charge in [0.05, 0.1) is 0 Å². The van der Waals surface area contributed by atoms with Gasteiger partial charge in [0.1, 0.15) is 0 Å². The minimum atomic E-state index is 0.343. The van der Waals surface area contributed by atoms with Gasteiger partial charge in [0, 0.05) is 12.0 Å². The molecule has 1 heteroatoms. The summed E-state index contributed by atoms with van der Waals surface area (Å²) < 4.78 is 0. The van der Waals surface area contributed by atoms with E-state index in [0.29, 0.717) is 5.41 Å². The second kappa shape index (κ2) is 3.58. The Morgan fingerprint density at radius 1 is 1.36 bits per heavy atom. The molecule has 1 aromatic carbocycles. The molecule has 2 rings (SSSR count). The standard InChI is InChI=1S/C13H17N/c1-11(13(10-14)7-8-13)9-12-5-3-2-4-6-12/h2-6,9H,7-8,10,14H2,1H3/b11-9+. The summed E-state index contributed by atoms with van der Waals surface area (Å²) in [4.78, 5) is 0. The lowest BCUT2D eigenvalue weighted by atomic mass is 9.95. The molecule has 14 heavy (non-hydrogen) atoms. The third-order valence-electron chi connectivity index (χ3n) is 3.26. The molecular formula is C13H17N. The molecule has 2 N–H and O–H groups in total. The number of hydrogen-bond donors (Lipinski definition) is 1. The van der Waals surface area contributed by atoms with E-state index in [1.807, 2.05) is 6.07 Å². The molecule has 0 heterocycles. The van der Waals surface area contributed by atoms with Gasteiger partial charge in [-0.05, 0) is 25.3 Å². The molecule has 0 aliphatic heterocycles. The molecule has 1 aliphatic rings. The number of benzene rings is 1. The van der Waals surface area contributed by atoms with Gasteiger partial charge in [-0.2, -0.15) is 0 Å². The highest BCUT2D eigenvalue weighted by Gasteiger charge is 2.42. The molecule has 1 fully saturated rings. The van der Waals surface area contributed by atoms with Gasteiger partial charge >= 0.3 is 0 Å². The van der Waals surface area contributed by atoms with Gasteiger partial charge in [0.15, 0.2) is 0 Å². The molecule has 0 amide bonds. The summed E-state index contributed by atoms with van der Waals surface area (Å²) in [6, 6.07) is 10.5. The molecule has 0 saturated heterocycles. The van der Waals surface area contributed by atoms with Crippen molar-refractivity contribution in [1.82, 2.24) is 0 Å². The molecule has 0 unspecified atom stereocenters. The number of hydrogen-bond acceptors (Lipinski definition) is 1. The summed E-state index contributed by atoms with van der Waals surface area (Å²) >= 11 is 0. The third-order valence-corrected chi connectivity index (χ3v) is 3.26. The Kier molecular flexibility index (Phi) is 2.42. The van der Waals surface area contributed by atoms with Crippen LogP contribution in [0.25, 0.3) is 6.08 Å². The van der Waals surface area contributed by atoms with E-state index in [2.05, 4.69) is 37.3 Å². The Labute approximate surface area is 85.6 Å². The predicted octanol–water partition coefficient (Wildman–Crippen LogP) is 2.83. The van der Waals surface area contributed by atoms with Crippen LogP contribution in [0.3, 0.4) is 0 Å². The summed E-state index contributed by atoms with van der Waals surface area (Å²) in [5, 5.41) is 0. The van der Waals surface area contributed by atoms with E-state index in [0.717, 1.165) is 6.54 Å². The van der Waals surface area contributed by atoms with Gasteiger partial charge in [0.25, 0.3) is 0 Å². The van der Waals surface area contributed by atoms with Crippen LogP contribution in [0, 0.1) is 5.41 Å². The molecular weight excluding hydrogens is 170 g/mol. The largest absolute Gasteiger partial charge is 0.330 e. The fraction of sp³-hybridized carbons (Fsp3) is 0.385. The smallest absolute Gasteiger partial charge is 0.00357 e. The van der Waals surface area contributed by atoms with Gasteiger partial charge in [-0.3, -0.25) is 0 Å². The molecule has 0 atom stereocenters. The molecule has 1 saturated carbocycles. The van der Waals surface area contributed by atoms with Crippen molar-refractivity contribution in [2.75, 3.05) is 6.54 Å². The molecule has 0 aromatic heterocycles. The fourth-order valence-electron chi connectivity index (χ4n) is 1.86. The van der Waals surface area contributed by atoms with Crippen molar-refractivity contribution in [1.29, 1.82) is 0 Å². The first-order valence-corrected chi connectivity index (χ1v) is 5.21. The quantitative estimate of drug-likeness (QED) is 0.773. The summed E-state index contributed by atoms with van der Waals surface area (Å²) in [7, 11) is 0. The van der Waals surface area contributed by atoms with E-state index < -0.39 is 0 Å². The lowest BCUT2D eigenvalue weighted by Gasteiger charge is -2.12. The first kappa shape index (κ1) is 9.47. The van der Waals surface area contributed by atoms with E-state index in [1.165, 1.54) is 24.0 Å². The minimum Gasteiger partial charge on any atom is -0.330 e. The average Bonchev–Trinajstić information content (AvgIpc) is 3.00. The van der Waals surface area contributed by atoms with Crippen LogP contribution in [-0.2, 0) is 0 Å². The number of nitrogens with two attached hydrogens (primary N) is 1. The second-order valence-corrected chi connectivity index (χ2v) is 4.22. The maximum Gasteiger partial charge on any atom is 0.00357 e. The zero-order valence-electron chi connectivity index (χ0n) is 8.66. The average molecular weight is 187 g/mol. The Morgan fingerprint density at radius 2 is 2.00 bits per heavy atom. The minimum absolute atomic E-state index is 0.343. The lowest BCUT2D eigenvalue weighted by molar-refractivity contribution is 0.626. The van der Waals surface area contributed by atoms with Gasteiger partial charge < -0.3 is 5.73 Å². The first-order chi connectivity index (χ1) is 6.77. The maximum absolute atomic E-state index is 5.78. The van der Waals surface area contributed by atoms with Crippen LogP contribution in [0.5, 0.6) is 0 Å². The second-order valence-electron chi connectivity index (χ2n) is 4.22. The van der Waals surface area contributed by atoms with E-state index in [4.69, 9.17) is 5.73 Å². The van der Waals surface area contributed by atoms with Crippen molar-refractivity contribution in [2.24, 2.45) is 11.1 Å². The van der Waals surface area contributed by atoms with Crippen LogP contribution in [0.4, 0.5) is 0 Å². The van der Waals surface area contributed by atoms with Crippen molar-refractivity contribution < 1.29 is 0 Å². The zero-order chi connectivity index (χ0) is 10.0. The van der Waals surface area contributed by atoms with Crippen LogP contribution in [0.2, 0.25) is 0 Å². The van der Waals surface area contributed by atoms with Crippen molar-refractivity contribution in [3.8, 4) is 0 Å². The fourth-order valence-corrected chi connectivity index (χ4v) is 1.86. The van der Waals surface area contributed by atoms with Crippen LogP contribution in [0.15, 0.2) is 35.9 Å². The van der Waals surface area contributed by atoms with Crippen molar-refractivity contribution in [2.45, 2.75) is 19.8 Å². The SMILES string of the molecule is C/C(=C\c1ccccc1)C1(CN)CC1. The topological polar surface area (TPSA) is 26.0 Å². The highest BCUT2D eigenvalue weighted by Crippen LogP contribution is 2.51. The molecule has 0 radical (unpaired) electrons.